The molecule has 1 N–H and O–H groups in total. The van der Waals surface area contributed by atoms with Gasteiger partial charge < -0.3 is 10.1 Å². The van der Waals surface area contributed by atoms with Crippen LogP contribution >= 0.6 is 0 Å². The summed E-state index contributed by atoms with van der Waals surface area (Å²) in [6.07, 6.45) is 0. The van der Waals surface area contributed by atoms with Crippen molar-refractivity contribution in [1.82, 2.24) is 19.4 Å². The maximum Gasteiger partial charge on any atom is 0.251 e. The number of carbonyl (C=O) groups is 1. The second kappa shape index (κ2) is 12.1. The van der Waals surface area contributed by atoms with Crippen LogP contribution in [-0.2, 0) is 34.4 Å². The van der Waals surface area contributed by atoms with Crippen molar-refractivity contribution < 1.29 is 17.9 Å². The fourth-order valence-corrected chi connectivity index (χ4v) is 5.52. The van der Waals surface area contributed by atoms with E-state index in [-0.39, 0.29) is 11.7 Å². The van der Waals surface area contributed by atoms with E-state index in [0.29, 0.717) is 38.3 Å². The molecule has 190 valence electrons. The first-order valence-electron chi connectivity index (χ1n) is 12.4. The highest BCUT2D eigenvalue weighted by Gasteiger charge is 2.25. The molecule has 2 saturated heterocycles. The number of morpholine rings is 1. The molecule has 0 saturated carbocycles. The number of carbonyl (C=O) groups excluding carboxylic acids is 1. The molecule has 0 aromatic heterocycles. The van der Waals surface area contributed by atoms with E-state index in [0.717, 1.165) is 50.5 Å². The average Bonchev–Trinajstić information content (AvgIpc) is 2.89. The third kappa shape index (κ3) is 7.35. The quantitative estimate of drug-likeness (QED) is 0.567. The Bertz CT molecular complexity index is 1060. The third-order valence-electron chi connectivity index (χ3n) is 6.70. The van der Waals surface area contributed by atoms with Crippen molar-refractivity contribution in [1.29, 1.82) is 0 Å². The minimum Gasteiger partial charge on any atom is -0.379 e. The summed E-state index contributed by atoms with van der Waals surface area (Å²) in [6.45, 7) is 9.88. The number of ether oxygens (including phenoxy) is 1. The monoisotopic (exact) mass is 500 g/mol. The summed E-state index contributed by atoms with van der Waals surface area (Å²) in [4.78, 5) is 17.2. The molecule has 0 aliphatic carbocycles. The van der Waals surface area contributed by atoms with E-state index in [1.54, 1.807) is 11.2 Å². The Morgan fingerprint density at radius 1 is 0.800 bits per heavy atom. The van der Waals surface area contributed by atoms with E-state index in [9.17, 15) is 13.2 Å². The molecular formula is C26H36N4O4S. The maximum absolute atomic E-state index is 12.6. The molecule has 9 heteroatoms. The van der Waals surface area contributed by atoms with Crippen LogP contribution in [0, 0.1) is 0 Å². The molecule has 4 rings (SSSR count). The highest BCUT2D eigenvalue weighted by molar-refractivity contribution is 7.89. The first-order valence-corrected chi connectivity index (χ1v) is 14.0. The Morgan fingerprint density at radius 2 is 1.31 bits per heavy atom. The van der Waals surface area contributed by atoms with Gasteiger partial charge in [-0.05, 0) is 35.7 Å². The number of sulfonamides is 1. The summed E-state index contributed by atoms with van der Waals surface area (Å²) >= 11 is 0. The Morgan fingerprint density at radius 3 is 1.89 bits per heavy atom. The number of piperazine rings is 1. The van der Waals surface area contributed by atoms with Crippen molar-refractivity contribution in [2.24, 2.45) is 0 Å². The van der Waals surface area contributed by atoms with E-state index in [2.05, 4.69) is 39.4 Å². The summed E-state index contributed by atoms with van der Waals surface area (Å²) in [7, 11) is -3.11. The first-order chi connectivity index (χ1) is 16.9. The molecule has 0 radical (unpaired) electrons. The SMILES string of the molecule is CCS(=O)(=O)N1CCN(Cc2ccc(C(=O)NCc3ccc(CN4CCOCC4)cc3)cc2)CC1. The maximum atomic E-state index is 12.6. The van der Waals surface area contributed by atoms with E-state index in [4.69, 9.17) is 4.74 Å². The van der Waals surface area contributed by atoms with Gasteiger partial charge in [0.2, 0.25) is 10.0 Å². The summed E-state index contributed by atoms with van der Waals surface area (Å²) < 4.78 is 31.0. The van der Waals surface area contributed by atoms with Gasteiger partial charge in [-0.25, -0.2) is 8.42 Å². The van der Waals surface area contributed by atoms with E-state index < -0.39 is 10.0 Å². The van der Waals surface area contributed by atoms with Crippen LogP contribution in [0.3, 0.4) is 0 Å². The zero-order chi connectivity index (χ0) is 24.7. The molecule has 8 nitrogen and oxygen atoms in total. The molecule has 0 unspecified atom stereocenters. The highest BCUT2D eigenvalue weighted by Crippen LogP contribution is 2.13. The predicted molar refractivity (Wildman–Crippen MR) is 136 cm³/mol. The topological polar surface area (TPSA) is 82.2 Å². The molecular weight excluding hydrogens is 464 g/mol. The lowest BCUT2D eigenvalue weighted by Crippen LogP contribution is -2.48. The second-order valence-corrected chi connectivity index (χ2v) is 11.4. The number of nitrogens with zero attached hydrogens (tertiary/aromatic N) is 3. The molecule has 0 atom stereocenters. The normalized spacial score (nSPS) is 18.4. The van der Waals surface area contributed by atoms with Gasteiger partial charge in [-0.3, -0.25) is 14.6 Å². The zero-order valence-corrected chi connectivity index (χ0v) is 21.3. The van der Waals surface area contributed by atoms with Gasteiger partial charge in [0.05, 0.1) is 19.0 Å². The lowest BCUT2D eigenvalue weighted by molar-refractivity contribution is 0.0342. The fourth-order valence-electron chi connectivity index (χ4n) is 4.43. The van der Waals surface area contributed by atoms with E-state index in [1.165, 1.54) is 5.56 Å². The van der Waals surface area contributed by atoms with E-state index in [1.807, 2.05) is 24.3 Å². The van der Waals surface area contributed by atoms with Crippen LogP contribution in [0.25, 0.3) is 0 Å². The van der Waals surface area contributed by atoms with Crippen molar-refractivity contribution in [2.75, 3.05) is 58.2 Å². The van der Waals surface area contributed by atoms with Gasteiger partial charge in [0.25, 0.3) is 5.91 Å². The van der Waals surface area contributed by atoms with Crippen molar-refractivity contribution in [3.05, 3.63) is 70.8 Å². The van der Waals surface area contributed by atoms with Crippen molar-refractivity contribution in [2.45, 2.75) is 26.6 Å². The average molecular weight is 501 g/mol. The molecule has 2 aliphatic rings. The molecule has 0 spiro atoms. The number of nitrogens with one attached hydrogen (secondary N) is 1. The van der Waals surface area contributed by atoms with Crippen LogP contribution in [0.4, 0.5) is 0 Å². The first kappa shape index (κ1) is 25.8. The number of rotatable bonds is 9. The molecule has 2 heterocycles. The van der Waals surface area contributed by atoms with Crippen LogP contribution < -0.4 is 5.32 Å². The molecule has 2 aromatic rings. The van der Waals surface area contributed by atoms with Gasteiger partial charge in [0, 0.05) is 64.5 Å². The molecule has 2 aromatic carbocycles. The number of hydrogen-bond acceptors (Lipinski definition) is 6. The van der Waals surface area contributed by atoms with Gasteiger partial charge in [0.1, 0.15) is 0 Å². The summed E-state index contributed by atoms with van der Waals surface area (Å²) in [5, 5.41) is 3.00. The summed E-state index contributed by atoms with van der Waals surface area (Å²) in [5.41, 5.74) is 4.09. The lowest BCUT2D eigenvalue weighted by atomic mass is 10.1. The lowest BCUT2D eigenvalue weighted by Gasteiger charge is -2.33. The van der Waals surface area contributed by atoms with Crippen molar-refractivity contribution in [3.8, 4) is 0 Å². The van der Waals surface area contributed by atoms with Crippen molar-refractivity contribution in [3.63, 3.8) is 0 Å². The third-order valence-corrected chi connectivity index (χ3v) is 8.58. The Labute approximate surface area is 208 Å². The molecule has 35 heavy (non-hydrogen) atoms. The number of amides is 1. The summed E-state index contributed by atoms with van der Waals surface area (Å²) in [5.74, 6) is 0.0591. The molecule has 2 fully saturated rings. The number of benzene rings is 2. The highest BCUT2D eigenvalue weighted by atomic mass is 32.2. The van der Waals surface area contributed by atoms with Crippen LogP contribution in [0.15, 0.2) is 48.5 Å². The molecule has 1 amide bonds. The van der Waals surface area contributed by atoms with Crippen molar-refractivity contribution >= 4 is 15.9 Å². The largest absolute Gasteiger partial charge is 0.379 e. The van der Waals surface area contributed by atoms with Crippen LogP contribution in [0.5, 0.6) is 0 Å². The second-order valence-electron chi connectivity index (χ2n) is 9.16. The fraction of sp³-hybridized carbons (Fsp3) is 0.500. The van der Waals surface area contributed by atoms with Gasteiger partial charge in [-0.15, -0.1) is 0 Å². The predicted octanol–water partition coefficient (Wildman–Crippen LogP) is 1.92. The Hall–Kier alpha value is -2.30. The van der Waals surface area contributed by atoms with Crippen LogP contribution in [0.1, 0.15) is 34.0 Å². The minimum atomic E-state index is -3.11. The Balaban J connectivity index is 1.21. The number of hydrogen-bond donors (Lipinski definition) is 1. The van der Waals surface area contributed by atoms with Gasteiger partial charge >= 0.3 is 0 Å². The van der Waals surface area contributed by atoms with Gasteiger partial charge in [-0.1, -0.05) is 36.4 Å². The molecule has 0 bridgehead atoms. The van der Waals surface area contributed by atoms with E-state index >= 15 is 0 Å². The smallest absolute Gasteiger partial charge is 0.251 e. The zero-order valence-electron chi connectivity index (χ0n) is 20.5. The molecule has 2 aliphatic heterocycles. The minimum absolute atomic E-state index is 0.0904. The Kier molecular flexibility index (Phi) is 8.91. The summed E-state index contributed by atoms with van der Waals surface area (Å²) in [6, 6.07) is 16.1. The van der Waals surface area contributed by atoms with Crippen LogP contribution in [0.2, 0.25) is 0 Å². The van der Waals surface area contributed by atoms with Gasteiger partial charge in [0.15, 0.2) is 0 Å². The van der Waals surface area contributed by atoms with Crippen LogP contribution in [-0.4, -0.2) is 86.7 Å². The standard InChI is InChI=1S/C26H36N4O4S/c1-2-35(32,33)30-13-11-28(12-14-30)20-24-7-9-25(10-8-24)26(31)27-19-22-3-5-23(6-4-22)21-29-15-17-34-18-16-29/h3-10H,2,11-21H2,1H3,(H,27,31). The van der Waals surface area contributed by atoms with Gasteiger partial charge in [-0.2, -0.15) is 4.31 Å².